The van der Waals surface area contributed by atoms with Crippen molar-refractivity contribution >= 4 is 22.8 Å². The van der Waals surface area contributed by atoms with E-state index in [2.05, 4.69) is 20.1 Å². The van der Waals surface area contributed by atoms with Crippen LogP contribution in [0.5, 0.6) is 0 Å². The van der Waals surface area contributed by atoms with Crippen LogP contribution in [0, 0.1) is 6.92 Å². The number of alkyl halides is 1. The van der Waals surface area contributed by atoms with Crippen LogP contribution in [-0.4, -0.2) is 30.6 Å². The van der Waals surface area contributed by atoms with Crippen LogP contribution in [0.3, 0.4) is 0 Å². The van der Waals surface area contributed by atoms with E-state index in [9.17, 15) is 0 Å². The highest BCUT2D eigenvalue weighted by Gasteiger charge is 2.13. The van der Waals surface area contributed by atoms with Gasteiger partial charge < -0.3 is 9.09 Å². The summed E-state index contributed by atoms with van der Waals surface area (Å²) >= 11 is 5.83. The molecule has 3 aromatic rings. The molecule has 0 saturated heterocycles. The standard InChI is InChI=1S/C12H12ClN5O/c1-8-2-3-9-12(15-8)18(11(16-9)4-5-13)6-10-14-7-19-17-10/h2-3,7H,4-6H2,1H3. The van der Waals surface area contributed by atoms with Gasteiger partial charge in [-0.2, -0.15) is 4.98 Å². The highest BCUT2D eigenvalue weighted by atomic mass is 35.5. The molecule has 0 aromatic carbocycles. The summed E-state index contributed by atoms with van der Waals surface area (Å²) < 4.78 is 6.74. The minimum absolute atomic E-state index is 0.482. The van der Waals surface area contributed by atoms with Crippen LogP contribution in [0.25, 0.3) is 11.2 Å². The molecule has 0 spiro atoms. The number of hydrogen-bond donors (Lipinski definition) is 0. The number of fused-ring (bicyclic) bond motifs is 1. The molecule has 0 fully saturated rings. The Hall–Kier alpha value is -1.95. The van der Waals surface area contributed by atoms with E-state index in [1.54, 1.807) is 0 Å². The predicted octanol–water partition coefficient (Wildman–Crippen LogP) is 1.95. The second-order valence-corrected chi connectivity index (χ2v) is 4.57. The number of aryl methyl sites for hydroxylation is 2. The first-order valence-electron chi connectivity index (χ1n) is 5.92. The van der Waals surface area contributed by atoms with Gasteiger partial charge in [-0.25, -0.2) is 9.97 Å². The topological polar surface area (TPSA) is 69.6 Å². The van der Waals surface area contributed by atoms with Crippen molar-refractivity contribution in [3.05, 3.63) is 35.9 Å². The zero-order chi connectivity index (χ0) is 13.2. The smallest absolute Gasteiger partial charge is 0.213 e. The zero-order valence-electron chi connectivity index (χ0n) is 10.4. The maximum Gasteiger partial charge on any atom is 0.213 e. The van der Waals surface area contributed by atoms with Crippen LogP contribution >= 0.6 is 11.6 Å². The lowest BCUT2D eigenvalue weighted by Crippen LogP contribution is -2.08. The molecule has 0 bridgehead atoms. The van der Waals surface area contributed by atoms with Gasteiger partial charge in [-0.1, -0.05) is 5.16 Å². The third-order valence-corrected chi connectivity index (χ3v) is 3.02. The normalized spacial score (nSPS) is 11.3. The van der Waals surface area contributed by atoms with Gasteiger partial charge in [-0.05, 0) is 19.1 Å². The molecule has 0 N–H and O–H groups in total. The van der Waals surface area contributed by atoms with Crippen molar-refractivity contribution in [2.45, 2.75) is 19.9 Å². The summed E-state index contributed by atoms with van der Waals surface area (Å²) in [6.45, 7) is 2.43. The highest BCUT2D eigenvalue weighted by molar-refractivity contribution is 6.17. The van der Waals surface area contributed by atoms with Crippen molar-refractivity contribution < 1.29 is 4.52 Å². The fourth-order valence-corrected chi connectivity index (χ4v) is 2.16. The minimum atomic E-state index is 0.482. The van der Waals surface area contributed by atoms with Crippen LogP contribution in [0.4, 0.5) is 0 Å². The van der Waals surface area contributed by atoms with E-state index in [0.717, 1.165) is 22.7 Å². The maximum absolute atomic E-state index is 5.83. The predicted molar refractivity (Wildman–Crippen MR) is 70.1 cm³/mol. The van der Waals surface area contributed by atoms with E-state index in [1.165, 1.54) is 6.39 Å². The van der Waals surface area contributed by atoms with E-state index >= 15 is 0 Å². The maximum atomic E-state index is 5.83. The van der Waals surface area contributed by atoms with Gasteiger partial charge in [0.25, 0.3) is 0 Å². The molecular weight excluding hydrogens is 266 g/mol. The van der Waals surface area contributed by atoms with Crippen molar-refractivity contribution in [3.8, 4) is 0 Å². The molecule has 0 saturated carbocycles. The summed E-state index contributed by atoms with van der Waals surface area (Å²) in [7, 11) is 0. The van der Waals surface area contributed by atoms with Crippen LogP contribution in [0.15, 0.2) is 23.0 Å². The second kappa shape index (κ2) is 4.97. The molecular formula is C12H12ClN5O. The molecule has 3 aromatic heterocycles. The molecule has 0 atom stereocenters. The van der Waals surface area contributed by atoms with Crippen LogP contribution < -0.4 is 0 Å². The van der Waals surface area contributed by atoms with E-state index in [1.807, 2.05) is 23.6 Å². The summed E-state index contributed by atoms with van der Waals surface area (Å²) in [5.74, 6) is 1.99. The molecule has 0 aliphatic heterocycles. The average Bonchev–Trinajstić information content (AvgIpc) is 3.00. The van der Waals surface area contributed by atoms with Gasteiger partial charge in [0.15, 0.2) is 11.5 Å². The second-order valence-electron chi connectivity index (χ2n) is 4.20. The van der Waals surface area contributed by atoms with Gasteiger partial charge in [0.1, 0.15) is 11.3 Å². The molecule has 98 valence electrons. The Kier molecular flexibility index (Phi) is 3.16. The molecule has 7 heteroatoms. The lowest BCUT2D eigenvalue weighted by Gasteiger charge is -2.04. The lowest BCUT2D eigenvalue weighted by molar-refractivity contribution is 0.408. The Morgan fingerprint density at radius 2 is 2.21 bits per heavy atom. The van der Waals surface area contributed by atoms with E-state index in [4.69, 9.17) is 16.1 Å². The van der Waals surface area contributed by atoms with Crippen molar-refractivity contribution in [1.82, 2.24) is 24.7 Å². The molecule has 0 radical (unpaired) electrons. The average molecular weight is 278 g/mol. The van der Waals surface area contributed by atoms with E-state index in [-0.39, 0.29) is 0 Å². The number of pyridine rings is 1. The Bertz CT molecular complexity index is 692. The van der Waals surface area contributed by atoms with Crippen molar-refractivity contribution in [2.75, 3.05) is 5.88 Å². The molecule has 0 unspecified atom stereocenters. The molecule has 3 rings (SSSR count). The molecule has 6 nitrogen and oxygen atoms in total. The lowest BCUT2D eigenvalue weighted by atomic mass is 10.3. The number of rotatable bonds is 4. The van der Waals surface area contributed by atoms with Gasteiger partial charge in [-0.15, -0.1) is 11.6 Å². The first-order valence-corrected chi connectivity index (χ1v) is 6.45. The summed E-state index contributed by atoms with van der Waals surface area (Å²) in [6, 6.07) is 3.90. The summed E-state index contributed by atoms with van der Waals surface area (Å²) in [5.41, 5.74) is 2.62. The molecule has 0 aliphatic carbocycles. The van der Waals surface area contributed by atoms with Gasteiger partial charge in [-0.3, -0.25) is 0 Å². The van der Waals surface area contributed by atoms with Gasteiger partial charge >= 0.3 is 0 Å². The number of imidazole rings is 1. The summed E-state index contributed by atoms with van der Waals surface area (Å²) in [4.78, 5) is 13.1. The van der Waals surface area contributed by atoms with E-state index in [0.29, 0.717) is 24.7 Å². The fraction of sp³-hybridized carbons (Fsp3) is 0.333. The van der Waals surface area contributed by atoms with E-state index < -0.39 is 0 Å². The fourth-order valence-electron chi connectivity index (χ4n) is 1.99. The first-order chi connectivity index (χ1) is 9.28. The Labute approximate surface area is 114 Å². The van der Waals surface area contributed by atoms with Gasteiger partial charge in [0, 0.05) is 18.0 Å². The number of nitrogens with zero attached hydrogens (tertiary/aromatic N) is 5. The number of halogens is 1. The molecule has 0 amide bonds. The first kappa shape index (κ1) is 12.1. The van der Waals surface area contributed by atoms with Crippen LogP contribution in [0.2, 0.25) is 0 Å². The van der Waals surface area contributed by atoms with Crippen LogP contribution in [-0.2, 0) is 13.0 Å². The quantitative estimate of drug-likeness (QED) is 0.682. The van der Waals surface area contributed by atoms with Crippen LogP contribution in [0.1, 0.15) is 17.3 Å². The highest BCUT2D eigenvalue weighted by Crippen LogP contribution is 2.16. The summed E-state index contributed by atoms with van der Waals surface area (Å²) in [5, 5.41) is 3.83. The number of aromatic nitrogens is 5. The molecule has 19 heavy (non-hydrogen) atoms. The SMILES string of the molecule is Cc1ccc2nc(CCCl)n(Cc3ncon3)c2n1. The summed E-state index contributed by atoms with van der Waals surface area (Å²) in [6.07, 6.45) is 1.99. The Morgan fingerprint density at radius 1 is 1.32 bits per heavy atom. The third-order valence-electron chi connectivity index (χ3n) is 2.84. The van der Waals surface area contributed by atoms with Crippen molar-refractivity contribution in [2.24, 2.45) is 0 Å². The Morgan fingerprint density at radius 3 is 2.95 bits per heavy atom. The third kappa shape index (κ3) is 2.31. The minimum Gasteiger partial charge on any atom is -0.343 e. The van der Waals surface area contributed by atoms with Crippen molar-refractivity contribution in [1.29, 1.82) is 0 Å². The van der Waals surface area contributed by atoms with Gasteiger partial charge in [0.05, 0.1) is 6.54 Å². The largest absolute Gasteiger partial charge is 0.343 e. The number of hydrogen-bond acceptors (Lipinski definition) is 5. The Balaban J connectivity index is 2.12. The van der Waals surface area contributed by atoms with Crippen molar-refractivity contribution in [3.63, 3.8) is 0 Å². The van der Waals surface area contributed by atoms with Gasteiger partial charge in [0.2, 0.25) is 6.39 Å². The zero-order valence-corrected chi connectivity index (χ0v) is 11.1. The molecule has 0 aliphatic rings. The monoisotopic (exact) mass is 277 g/mol. The molecule has 3 heterocycles.